The predicted molar refractivity (Wildman–Crippen MR) is 126 cm³/mol. The van der Waals surface area contributed by atoms with Gasteiger partial charge < -0.3 is 20.6 Å². The molecule has 4 rings (SSSR count). The highest BCUT2D eigenvalue weighted by Crippen LogP contribution is 2.41. The van der Waals surface area contributed by atoms with E-state index in [1.165, 1.54) is 37.5 Å². The average Bonchev–Trinajstić information content (AvgIpc) is 2.79. The van der Waals surface area contributed by atoms with Gasteiger partial charge in [-0.3, -0.25) is 9.69 Å². The number of anilines is 2. The normalized spacial score (nSPS) is 21.1. The number of halogens is 2. The van der Waals surface area contributed by atoms with Crippen LogP contribution in [0.15, 0.2) is 42.5 Å². The summed E-state index contributed by atoms with van der Waals surface area (Å²) >= 11 is 12.2. The zero-order valence-electron chi connectivity index (χ0n) is 17.6. The summed E-state index contributed by atoms with van der Waals surface area (Å²) in [4.78, 5) is 29.8. The highest BCUT2D eigenvalue weighted by Gasteiger charge is 2.51. The minimum Gasteiger partial charge on any atom is -0.359 e. The van der Waals surface area contributed by atoms with Crippen LogP contribution in [0, 0.1) is 0 Å². The molecule has 32 heavy (non-hydrogen) atoms. The van der Waals surface area contributed by atoms with Gasteiger partial charge in [0.25, 0.3) is 11.6 Å². The average molecular weight is 477 g/mol. The molecule has 7 nitrogen and oxygen atoms in total. The largest absolute Gasteiger partial charge is 0.359 e. The van der Waals surface area contributed by atoms with E-state index in [1.807, 2.05) is 0 Å². The molecule has 9 heteroatoms. The van der Waals surface area contributed by atoms with Crippen LogP contribution in [0.1, 0.15) is 31.2 Å². The summed E-state index contributed by atoms with van der Waals surface area (Å²) in [7, 11) is 0. The van der Waals surface area contributed by atoms with Crippen molar-refractivity contribution in [2.75, 3.05) is 36.4 Å². The van der Waals surface area contributed by atoms with Crippen molar-refractivity contribution in [3.63, 3.8) is 0 Å². The molecule has 0 saturated carbocycles. The molecule has 2 aromatic rings. The molecule has 2 heterocycles. The van der Waals surface area contributed by atoms with Gasteiger partial charge >= 0.3 is 6.03 Å². The fraction of sp³-hybridized carbons (Fsp3) is 0.391. The second kappa shape index (κ2) is 9.67. The zero-order valence-corrected chi connectivity index (χ0v) is 19.1. The van der Waals surface area contributed by atoms with Crippen LogP contribution in [0.25, 0.3) is 0 Å². The first-order valence-electron chi connectivity index (χ1n) is 10.8. The Morgan fingerprint density at radius 3 is 2.59 bits per heavy atom. The molecule has 0 radical (unpaired) electrons. The number of hydrogen-bond acceptors (Lipinski definition) is 4. The SMILES string of the molecule is O=C1Nc2ccccc2[C@](O)(C(=O)NCCCN2CCCCC2)N1c1ccc(Cl)c(Cl)c1. The molecular formula is C23H26Cl2N4O3. The van der Waals surface area contributed by atoms with Gasteiger partial charge in [0.15, 0.2) is 0 Å². The molecule has 1 saturated heterocycles. The van der Waals surface area contributed by atoms with E-state index in [9.17, 15) is 14.7 Å². The summed E-state index contributed by atoms with van der Waals surface area (Å²) in [5.41, 5.74) is -1.35. The van der Waals surface area contributed by atoms with E-state index >= 15 is 0 Å². The Morgan fingerprint density at radius 2 is 1.84 bits per heavy atom. The monoisotopic (exact) mass is 476 g/mol. The molecule has 0 unspecified atom stereocenters. The van der Waals surface area contributed by atoms with Crippen LogP contribution in [0.3, 0.4) is 0 Å². The molecule has 2 aliphatic rings. The van der Waals surface area contributed by atoms with Gasteiger partial charge in [-0.2, -0.15) is 0 Å². The Hall–Kier alpha value is -2.32. The number of piperidine rings is 1. The minimum absolute atomic E-state index is 0.208. The molecule has 1 fully saturated rings. The Kier molecular flexibility index (Phi) is 6.90. The summed E-state index contributed by atoms with van der Waals surface area (Å²) in [5, 5.41) is 17.8. The third kappa shape index (κ3) is 4.43. The van der Waals surface area contributed by atoms with Crippen LogP contribution in [0.4, 0.5) is 16.2 Å². The maximum absolute atomic E-state index is 13.4. The molecular weight excluding hydrogens is 451 g/mol. The number of fused-ring (bicyclic) bond motifs is 1. The van der Waals surface area contributed by atoms with Crippen LogP contribution in [-0.2, 0) is 10.5 Å². The van der Waals surface area contributed by atoms with E-state index in [2.05, 4.69) is 15.5 Å². The van der Waals surface area contributed by atoms with Crippen molar-refractivity contribution in [2.45, 2.75) is 31.4 Å². The van der Waals surface area contributed by atoms with Crippen molar-refractivity contribution in [3.05, 3.63) is 58.1 Å². The Labute approximate surface area is 197 Å². The molecule has 1 atom stereocenters. The highest BCUT2D eigenvalue weighted by molar-refractivity contribution is 6.42. The lowest BCUT2D eigenvalue weighted by Gasteiger charge is -2.42. The Morgan fingerprint density at radius 1 is 1.09 bits per heavy atom. The van der Waals surface area contributed by atoms with Crippen LogP contribution < -0.4 is 15.5 Å². The van der Waals surface area contributed by atoms with Gasteiger partial charge in [0, 0.05) is 12.1 Å². The summed E-state index contributed by atoms with van der Waals surface area (Å²) in [6.07, 6.45) is 4.43. The Bertz CT molecular complexity index is 1010. The molecule has 2 aliphatic heterocycles. The first kappa shape index (κ1) is 22.9. The second-order valence-electron chi connectivity index (χ2n) is 8.09. The molecule has 2 aromatic carbocycles. The van der Waals surface area contributed by atoms with E-state index in [-0.39, 0.29) is 16.3 Å². The van der Waals surface area contributed by atoms with Gasteiger partial charge in [-0.25, -0.2) is 4.79 Å². The van der Waals surface area contributed by atoms with Crippen LogP contribution >= 0.6 is 23.2 Å². The van der Waals surface area contributed by atoms with E-state index < -0.39 is 17.7 Å². The number of aliphatic hydroxyl groups is 1. The maximum atomic E-state index is 13.4. The molecule has 3 amide bonds. The number of benzene rings is 2. The number of nitrogens with zero attached hydrogens (tertiary/aromatic N) is 2. The highest BCUT2D eigenvalue weighted by atomic mass is 35.5. The number of para-hydroxylation sites is 1. The maximum Gasteiger partial charge on any atom is 0.329 e. The second-order valence-corrected chi connectivity index (χ2v) is 8.91. The smallest absolute Gasteiger partial charge is 0.329 e. The van der Waals surface area contributed by atoms with Gasteiger partial charge in [0.05, 0.1) is 21.4 Å². The van der Waals surface area contributed by atoms with Crippen molar-refractivity contribution in [1.29, 1.82) is 0 Å². The fourth-order valence-corrected chi connectivity index (χ4v) is 4.59. The number of carbonyl (C=O) groups excluding carboxylic acids is 2. The first-order valence-corrected chi connectivity index (χ1v) is 11.6. The number of likely N-dealkylation sites (tertiary alicyclic amines) is 1. The zero-order chi connectivity index (χ0) is 22.7. The van der Waals surface area contributed by atoms with Crippen LogP contribution in [-0.4, -0.2) is 48.1 Å². The third-order valence-corrected chi connectivity index (χ3v) is 6.67. The van der Waals surface area contributed by atoms with Gasteiger partial charge in [-0.15, -0.1) is 0 Å². The lowest BCUT2D eigenvalue weighted by molar-refractivity contribution is -0.140. The number of rotatable bonds is 6. The summed E-state index contributed by atoms with van der Waals surface area (Å²) in [5.74, 6) is -0.676. The third-order valence-electron chi connectivity index (χ3n) is 5.93. The van der Waals surface area contributed by atoms with Gasteiger partial charge in [0.2, 0.25) is 0 Å². The van der Waals surface area contributed by atoms with Crippen molar-refractivity contribution in [3.8, 4) is 0 Å². The van der Waals surface area contributed by atoms with Crippen molar-refractivity contribution < 1.29 is 14.7 Å². The van der Waals surface area contributed by atoms with E-state index in [0.717, 1.165) is 31.0 Å². The van der Waals surface area contributed by atoms with Crippen molar-refractivity contribution in [2.24, 2.45) is 0 Å². The van der Waals surface area contributed by atoms with E-state index in [1.54, 1.807) is 24.3 Å². The summed E-state index contributed by atoms with van der Waals surface area (Å²) in [6.45, 7) is 3.43. The fourth-order valence-electron chi connectivity index (χ4n) is 4.30. The number of nitrogens with one attached hydrogen (secondary N) is 2. The topological polar surface area (TPSA) is 84.9 Å². The van der Waals surface area contributed by atoms with Crippen LogP contribution in [0.2, 0.25) is 10.0 Å². The van der Waals surface area contributed by atoms with Gasteiger partial charge in [-0.05, 0) is 63.2 Å². The van der Waals surface area contributed by atoms with Gasteiger partial charge in [0.1, 0.15) is 0 Å². The van der Waals surface area contributed by atoms with Gasteiger partial charge in [-0.1, -0.05) is 47.8 Å². The Balaban J connectivity index is 1.59. The van der Waals surface area contributed by atoms with E-state index in [4.69, 9.17) is 23.2 Å². The number of urea groups is 1. The minimum atomic E-state index is -2.25. The quantitative estimate of drug-likeness (QED) is 0.545. The summed E-state index contributed by atoms with van der Waals surface area (Å²) < 4.78 is 0. The van der Waals surface area contributed by atoms with E-state index in [0.29, 0.717) is 17.3 Å². The lowest BCUT2D eigenvalue weighted by atomic mass is 9.94. The molecule has 3 N–H and O–H groups in total. The number of carbonyl (C=O) groups is 2. The van der Waals surface area contributed by atoms with Crippen LogP contribution in [0.5, 0.6) is 0 Å². The summed E-state index contributed by atoms with van der Waals surface area (Å²) in [6, 6.07) is 10.6. The van der Waals surface area contributed by atoms with Crippen molar-refractivity contribution in [1.82, 2.24) is 10.2 Å². The molecule has 0 aliphatic carbocycles. The number of amides is 3. The molecule has 170 valence electrons. The lowest BCUT2D eigenvalue weighted by Crippen LogP contribution is -2.62. The molecule has 0 bridgehead atoms. The first-order chi connectivity index (χ1) is 15.4. The molecule has 0 spiro atoms. The molecule has 0 aromatic heterocycles. The number of hydrogen-bond donors (Lipinski definition) is 3. The van der Waals surface area contributed by atoms with Crippen molar-refractivity contribution >= 4 is 46.5 Å². The standard InChI is InChI=1S/C23H26Cl2N4O3/c24-18-10-9-16(15-19(18)25)29-22(31)27-20-8-3-2-7-17(20)23(29,32)21(30)26-11-6-14-28-12-4-1-5-13-28/h2-3,7-10,15,32H,1,4-6,11-14H2,(H,26,30)(H,27,31)/t23-/m0/s1. The predicted octanol–water partition coefficient (Wildman–Crippen LogP) is 4.18.